The molecule has 0 radical (unpaired) electrons. The second-order valence-electron chi connectivity index (χ2n) is 3.68. The van der Waals surface area contributed by atoms with E-state index in [2.05, 4.69) is 11.4 Å². The zero-order valence-electron chi connectivity index (χ0n) is 9.00. The van der Waals surface area contributed by atoms with Gasteiger partial charge in [-0.25, -0.2) is 0 Å². The summed E-state index contributed by atoms with van der Waals surface area (Å²) in [6, 6.07) is 10.1. The van der Waals surface area contributed by atoms with Gasteiger partial charge in [-0.2, -0.15) is 5.26 Å². The highest BCUT2D eigenvalue weighted by Crippen LogP contribution is 2.21. The number of benzene rings is 1. The molecule has 3 heteroatoms. The maximum Gasteiger partial charge on any atom is 0.0666 e. The van der Waals surface area contributed by atoms with Crippen LogP contribution < -0.4 is 5.32 Å². The Morgan fingerprint density at radius 2 is 2.07 bits per heavy atom. The Morgan fingerprint density at radius 3 is 2.67 bits per heavy atom. The minimum absolute atomic E-state index is 0.0231. The van der Waals surface area contributed by atoms with E-state index in [1.165, 1.54) is 0 Å². The summed E-state index contributed by atoms with van der Waals surface area (Å²) < 4.78 is 0. The Hall–Kier alpha value is -1.04. The molecule has 0 bridgehead atoms. The van der Waals surface area contributed by atoms with E-state index < -0.39 is 0 Å². The SMILES string of the molecule is CC(C#N)CN[C@@H](C)c1ccccc1Cl. The van der Waals surface area contributed by atoms with Crippen molar-refractivity contribution >= 4 is 11.6 Å². The van der Waals surface area contributed by atoms with Crippen LogP contribution in [0.4, 0.5) is 0 Å². The Labute approximate surface area is 95.9 Å². The molecule has 0 saturated heterocycles. The Balaban J connectivity index is 2.58. The molecule has 0 saturated carbocycles. The van der Waals surface area contributed by atoms with Crippen LogP contribution >= 0.6 is 11.6 Å². The molecule has 0 heterocycles. The number of rotatable bonds is 4. The zero-order valence-corrected chi connectivity index (χ0v) is 9.75. The minimum Gasteiger partial charge on any atom is -0.309 e. The average Bonchev–Trinajstić information content (AvgIpc) is 2.26. The van der Waals surface area contributed by atoms with Gasteiger partial charge in [0.2, 0.25) is 0 Å². The molecule has 1 aromatic rings. The first-order chi connectivity index (χ1) is 7.15. The van der Waals surface area contributed by atoms with Gasteiger partial charge in [0, 0.05) is 17.6 Å². The lowest BCUT2D eigenvalue weighted by Crippen LogP contribution is -2.24. The number of halogens is 1. The van der Waals surface area contributed by atoms with Crippen LogP contribution in [0.15, 0.2) is 24.3 Å². The van der Waals surface area contributed by atoms with Gasteiger partial charge in [0.1, 0.15) is 0 Å². The summed E-state index contributed by atoms with van der Waals surface area (Å²) in [5.74, 6) is 0.0231. The molecule has 0 aliphatic heterocycles. The molecule has 1 aromatic carbocycles. The van der Waals surface area contributed by atoms with Gasteiger partial charge in [-0.05, 0) is 25.5 Å². The van der Waals surface area contributed by atoms with E-state index in [4.69, 9.17) is 16.9 Å². The highest BCUT2D eigenvalue weighted by molar-refractivity contribution is 6.31. The van der Waals surface area contributed by atoms with Gasteiger partial charge in [-0.15, -0.1) is 0 Å². The first-order valence-corrected chi connectivity index (χ1v) is 5.40. The molecule has 80 valence electrons. The van der Waals surface area contributed by atoms with E-state index in [-0.39, 0.29) is 12.0 Å². The third-order valence-corrected chi connectivity index (χ3v) is 2.67. The smallest absolute Gasteiger partial charge is 0.0666 e. The van der Waals surface area contributed by atoms with Crippen LogP contribution in [0.3, 0.4) is 0 Å². The molecule has 0 amide bonds. The van der Waals surface area contributed by atoms with E-state index in [1.807, 2.05) is 38.1 Å². The third kappa shape index (κ3) is 3.54. The second-order valence-corrected chi connectivity index (χ2v) is 4.09. The molecule has 1 N–H and O–H groups in total. The predicted octanol–water partition coefficient (Wildman–Crippen LogP) is 3.15. The quantitative estimate of drug-likeness (QED) is 0.850. The fourth-order valence-corrected chi connectivity index (χ4v) is 1.63. The fraction of sp³-hybridized carbons (Fsp3) is 0.417. The molecule has 0 fully saturated rings. The van der Waals surface area contributed by atoms with Gasteiger partial charge in [-0.3, -0.25) is 0 Å². The van der Waals surface area contributed by atoms with Gasteiger partial charge >= 0.3 is 0 Å². The van der Waals surface area contributed by atoms with Crippen LogP contribution in [0.25, 0.3) is 0 Å². The number of nitrogens with one attached hydrogen (secondary N) is 1. The maximum absolute atomic E-state index is 8.66. The zero-order chi connectivity index (χ0) is 11.3. The van der Waals surface area contributed by atoms with Crippen LogP contribution in [0.1, 0.15) is 25.5 Å². The van der Waals surface area contributed by atoms with E-state index in [1.54, 1.807) is 0 Å². The van der Waals surface area contributed by atoms with E-state index in [0.29, 0.717) is 6.54 Å². The fourth-order valence-electron chi connectivity index (χ4n) is 1.34. The van der Waals surface area contributed by atoms with Crippen LogP contribution in [0.2, 0.25) is 5.02 Å². The van der Waals surface area contributed by atoms with Crippen molar-refractivity contribution in [2.75, 3.05) is 6.54 Å². The summed E-state index contributed by atoms with van der Waals surface area (Å²) in [5, 5.41) is 12.7. The molecule has 2 atom stereocenters. The second kappa shape index (κ2) is 5.75. The Kier molecular flexibility index (Phi) is 4.61. The number of hydrogen-bond acceptors (Lipinski definition) is 2. The van der Waals surface area contributed by atoms with Gasteiger partial charge in [0.25, 0.3) is 0 Å². The van der Waals surface area contributed by atoms with Crippen molar-refractivity contribution in [2.45, 2.75) is 19.9 Å². The topological polar surface area (TPSA) is 35.8 Å². The van der Waals surface area contributed by atoms with E-state index in [9.17, 15) is 0 Å². The first kappa shape index (κ1) is 12.0. The predicted molar refractivity (Wildman–Crippen MR) is 62.6 cm³/mol. The Bertz CT molecular complexity index is 357. The lowest BCUT2D eigenvalue weighted by Gasteiger charge is -2.16. The van der Waals surface area contributed by atoms with Crippen molar-refractivity contribution in [1.82, 2.24) is 5.32 Å². The third-order valence-electron chi connectivity index (χ3n) is 2.32. The summed E-state index contributed by atoms with van der Waals surface area (Å²) in [6.45, 7) is 4.63. The molecule has 1 unspecified atom stereocenters. The standard InChI is InChI=1S/C12H15ClN2/c1-9(7-14)8-15-10(2)11-5-3-4-6-12(11)13/h3-6,9-10,15H,8H2,1-2H3/t9?,10-/m0/s1. The lowest BCUT2D eigenvalue weighted by molar-refractivity contribution is 0.528. The molecule has 0 aliphatic rings. The maximum atomic E-state index is 8.66. The summed E-state index contributed by atoms with van der Waals surface area (Å²) in [7, 11) is 0. The van der Waals surface area contributed by atoms with Crippen molar-refractivity contribution in [3.63, 3.8) is 0 Å². The van der Waals surface area contributed by atoms with Crippen molar-refractivity contribution < 1.29 is 0 Å². The summed E-state index contributed by atoms with van der Waals surface area (Å²) in [5.41, 5.74) is 1.07. The van der Waals surface area contributed by atoms with Crippen LogP contribution in [0, 0.1) is 17.2 Å². The van der Waals surface area contributed by atoms with Crippen LogP contribution in [-0.2, 0) is 0 Å². The van der Waals surface area contributed by atoms with Crippen molar-refractivity contribution in [3.8, 4) is 6.07 Å². The summed E-state index contributed by atoms with van der Waals surface area (Å²) >= 11 is 6.06. The number of nitrogens with zero attached hydrogens (tertiary/aromatic N) is 1. The van der Waals surface area contributed by atoms with Crippen molar-refractivity contribution in [2.24, 2.45) is 5.92 Å². The Morgan fingerprint density at radius 1 is 1.40 bits per heavy atom. The lowest BCUT2D eigenvalue weighted by atomic mass is 10.1. The number of nitriles is 1. The van der Waals surface area contributed by atoms with Gasteiger partial charge in [0.05, 0.1) is 12.0 Å². The molecular formula is C12H15ClN2. The van der Waals surface area contributed by atoms with Crippen LogP contribution in [-0.4, -0.2) is 6.54 Å². The molecule has 0 aromatic heterocycles. The first-order valence-electron chi connectivity index (χ1n) is 5.02. The molecule has 1 rings (SSSR count). The highest BCUT2D eigenvalue weighted by Gasteiger charge is 2.09. The van der Waals surface area contributed by atoms with Gasteiger partial charge in [0.15, 0.2) is 0 Å². The average molecular weight is 223 g/mol. The largest absolute Gasteiger partial charge is 0.309 e. The molecule has 15 heavy (non-hydrogen) atoms. The monoisotopic (exact) mass is 222 g/mol. The summed E-state index contributed by atoms with van der Waals surface area (Å²) in [6.07, 6.45) is 0. The normalized spacial score (nSPS) is 14.3. The van der Waals surface area contributed by atoms with Crippen molar-refractivity contribution in [3.05, 3.63) is 34.9 Å². The molecule has 2 nitrogen and oxygen atoms in total. The molecular weight excluding hydrogens is 208 g/mol. The number of hydrogen-bond donors (Lipinski definition) is 1. The van der Waals surface area contributed by atoms with Crippen molar-refractivity contribution in [1.29, 1.82) is 5.26 Å². The summed E-state index contributed by atoms with van der Waals surface area (Å²) in [4.78, 5) is 0. The minimum atomic E-state index is 0.0231. The van der Waals surface area contributed by atoms with Gasteiger partial charge < -0.3 is 5.32 Å². The van der Waals surface area contributed by atoms with E-state index in [0.717, 1.165) is 10.6 Å². The van der Waals surface area contributed by atoms with Gasteiger partial charge in [-0.1, -0.05) is 29.8 Å². The van der Waals surface area contributed by atoms with E-state index >= 15 is 0 Å². The molecule has 0 spiro atoms. The highest BCUT2D eigenvalue weighted by atomic mass is 35.5. The van der Waals surface area contributed by atoms with Crippen LogP contribution in [0.5, 0.6) is 0 Å². The molecule has 0 aliphatic carbocycles.